The fraction of sp³-hybridized carbons (Fsp3) is 0.143. The molecular weight excluding hydrogens is 310 g/mol. The van der Waals surface area contributed by atoms with E-state index < -0.39 is 5.97 Å². The van der Waals surface area contributed by atoms with Gasteiger partial charge in [-0.25, -0.2) is 4.79 Å². The van der Waals surface area contributed by atoms with E-state index in [2.05, 4.69) is 15.9 Å². The van der Waals surface area contributed by atoms with Gasteiger partial charge in [0.05, 0.1) is 11.3 Å². The molecule has 2 aromatic rings. The molecule has 2 rings (SSSR count). The molecule has 0 bridgehead atoms. The Morgan fingerprint density at radius 2 is 1.74 bits per heavy atom. The lowest BCUT2D eigenvalue weighted by Crippen LogP contribution is -2.14. The molecule has 0 saturated carbocycles. The summed E-state index contributed by atoms with van der Waals surface area (Å²) in [5.74, 6) is -1.01. The highest BCUT2D eigenvalue weighted by Crippen LogP contribution is 2.22. The second kappa shape index (κ2) is 5.01. The highest BCUT2D eigenvalue weighted by Gasteiger charge is 2.14. The number of aromatic carboxylic acids is 1. The number of halogens is 1. The quantitative estimate of drug-likeness (QED) is 0.925. The maximum Gasteiger partial charge on any atom is 0.337 e. The van der Waals surface area contributed by atoms with Crippen molar-refractivity contribution in [1.29, 1.82) is 0 Å². The van der Waals surface area contributed by atoms with Crippen molar-refractivity contribution in [3.05, 3.63) is 62.0 Å². The third-order valence-electron chi connectivity index (χ3n) is 2.84. The maximum absolute atomic E-state index is 11.4. The van der Waals surface area contributed by atoms with E-state index in [1.165, 1.54) is 12.1 Å². The van der Waals surface area contributed by atoms with Gasteiger partial charge in [-0.15, -0.1) is 0 Å². The molecule has 1 N–H and O–H groups in total. The van der Waals surface area contributed by atoms with Gasteiger partial charge in [-0.3, -0.25) is 4.79 Å². The topological polar surface area (TPSA) is 59.3 Å². The van der Waals surface area contributed by atoms with E-state index in [0.29, 0.717) is 21.5 Å². The molecule has 1 heterocycles. The molecule has 0 unspecified atom stereocenters. The molecular formula is C14H12BrNO3. The van der Waals surface area contributed by atoms with Gasteiger partial charge in [-0.1, -0.05) is 15.9 Å². The smallest absolute Gasteiger partial charge is 0.337 e. The van der Waals surface area contributed by atoms with Gasteiger partial charge in [0, 0.05) is 28.0 Å². The predicted octanol–water partition coefficient (Wildman–Crippen LogP) is 2.92. The van der Waals surface area contributed by atoms with Crippen molar-refractivity contribution in [3.8, 4) is 5.69 Å². The summed E-state index contributed by atoms with van der Waals surface area (Å²) in [6.07, 6.45) is 0. The number of carboxylic acids is 1. The largest absolute Gasteiger partial charge is 0.478 e. The molecule has 0 atom stereocenters. The number of pyridine rings is 1. The first-order valence-electron chi connectivity index (χ1n) is 5.63. The number of aryl methyl sites for hydroxylation is 2. The van der Waals surface area contributed by atoms with Crippen LogP contribution in [0, 0.1) is 13.8 Å². The Morgan fingerprint density at radius 1 is 1.16 bits per heavy atom. The molecule has 0 spiro atoms. The van der Waals surface area contributed by atoms with Crippen LogP contribution in [0.5, 0.6) is 0 Å². The first-order chi connectivity index (χ1) is 8.90. The van der Waals surface area contributed by atoms with Crippen LogP contribution in [0.3, 0.4) is 0 Å². The Morgan fingerprint density at radius 3 is 2.26 bits per heavy atom. The van der Waals surface area contributed by atoms with Gasteiger partial charge in [0.1, 0.15) is 0 Å². The summed E-state index contributed by atoms with van der Waals surface area (Å²) in [4.78, 5) is 22.8. The summed E-state index contributed by atoms with van der Waals surface area (Å²) >= 11 is 3.26. The SMILES string of the molecule is Cc1cc(=O)cc(C)n1-c1ccc(Br)cc1C(=O)O. The minimum Gasteiger partial charge on any atom is -0.478 e. The maximum atomic E-state index is 11.4. The van der Waals surface area contributed by atoms with Crippen LogP contribution >= 0.6 is 15.9 Å². The molecule has 0 fully saturated rings. The first kappa shape index (κ1) is 13.5. The molecule has 0 amide bonds. The standard InChI is InChI=1S/C14H12BrNO3/c1-8-5-11(17)6-9(2)16(8)13-4-3-10(15)7-12(13)14(18)19/h3-7H,1-2H3,(H,18,19). The predicted molar refractivity (Wildman–Crippen MR) is 76.2 cm³/mol. The molecule has 0 saturated heterocycles. The summed E-state index contributed by atoms with van der Waals surface area (Å²) in [5, 5.41) is 9.29. The monoisotopic (exact) mass is 321 g/mol. The van der Waals surface area contributed by atoms with Crippen molar-refractivity contribution in [2.75, 3.05) is 0 Å². The van der Waals surface area contributed by atoms with Crippen LogP contribution in [0.15, 0.2) is 39.6 Å². The van der Waals surface area contributed by atoms with E-state index >= 15 is 0 Å². The van der Waals surface area contributed by atoms with Crippen molar-refractivity contribution >= 4 is 21.9 Å². The Balaban J connectivity index is 2.79. The van der Waals surface area contributed by atoms with Crippen LogP contribution in [0.1, 0.15) is 21.7 Å². The Bertz CT molecular complexity index is 693. The number of hydrogen-bond acceptors (Lipinski definition) is 2. The van der Waals surface area contributed by atoms with Gasteiger partial charge in [-0.2, -0.15) is 0 Å². The van der Waals surface area contributed by atoms with Crippen molar-refractivity contribution in [1.82, 2.24) is 4.57 Å². The fourth-order valence-electron chi connectivity index (χ4n) is 2.12. The van der Waals surface area contributed by atoms with Gasteiger partial charge in [0.15, 0.2) is 5.43 Å². The number of hydrogen-bond donors (Lipinski definition) is 1. The van der Waals surface area contributed by atoms with Crippen LogP contribution in [-0.4, -0.2) is 15.6 Å². The van der Waals surface area contributed by atoms with Gasteiger partial charge in [-0.05, 0) is 32.0 Å². The minimum atomic E-state index is -1.01. The minimum absolute atomic E-state index is 0.0831. The molecule has 1 aromatic heterocycles. The summed E-state index contributed by atoms with van der Waals surface area (Å²) < 4.78 is 2.46. The van der Waals surface area contributed by atoms with Crippen molar-refractivity contribution in [3.63, 3.8) is 0 Å². The average Bonchev–Trinajstić information content (AvgIpc) is 2.29. The summed E-state index contributed by atoms with van der Waals surface area (Å²) in [6, 6.07) is 8.02. The molecule has 98 valence electrons. The van der Waals surface area contributed by atoms with Crippen molar-refractivity contribution < 1.29 is 9.90 Å². The summed E-state index contributed by atoms with van der Waals surface area (Å²) in [5.41, 5.74) is 2.06. The van der Waals surface area contributed by atoms with Crippen LogP contribution in [-0.2, 0) is 0 Å². The molecule has 0 aliphatic heterocycles. The normalized spacial score (nSPS) is 10.5. The number of rotatable bonds is 2. The highest BCUT2D eigenvalue weighted by atomic mass is 79.9. The zero-order valence-electron chi connectivity index (χ0n) is 10.5. The van der Waals surface area contributed by atoms with Crippen LogP contribution in [0.4, 0.5) is 0 Å². The molecule has 5 heteroatoms. The van der Waals surface area contributed by atoms with Crippen molar-refractivity contribution in [2.45, 2.75) is 13.8 Å². The third-order valence-corrected chi connectivity index (χ3v) is 3.33. The van der Waals surface area contributed by atoms with Crippen LogP contribution < -0.4 is 5.43 Å². The lowest BCUT2D eigenvalue weighted by molar-refractivity contribution is 0.0697. The van der Waals surface area contributed by atoms with E-state index in [0.717, 1.165) is 0 Å². The van der Waals surface area contributed by atoms with E-state index in [1.54, 1.807) is 36.6 Å². The zero-order chi connectivity index (χ0) is 14.2. The van der Waals surface area contributed by atoms with E-state index in [4.69, 9.17) is 0 Å². The number of carbonyl (C=O) groups is 1. The van der Waals surface area contributed by atoms with Gasteiger partial charge >= 0.3 is 5.97 Å². The fourth-order valence-corrected chi connectivity index (χ4v) is 2.48. The molecule has 4 nitrogen and oxygen atoms in total. The highest BCUT2D eigenvalue weighted by molar-refractivity contribution is 9.10. The lowest BCUT2D eigenvalue weighted by atomic mass is 10.1. The molecule has 0 aliphatic carbocycles. The Labute approximate surface area is 118 Å². The molecule has 0 aliphatic rings. The molecule has 19 heavy (non-hydrogen) atoms. The second-order valence-electron chi connectivity index (χ2n) is 4.28. The first-order valence-corrected chi connectivity index (χ1v) is 6.43. The Hall–Kier alpha value is -1.88. The lowest BCUT2D eigenvalue weighted by Gasteiger charge is -2.16. The van der Waals surface area contributed by atoms with Crippen LogP contribution in [0.25, 0.3) is 5.69 Å². The number of benzene rings is 1. The average molecular weight is 322 g/mol. The molecule has 1 aromatic carbocycles. The summed E-state index contributed by atoms with van der Waals surface area (Å²) in [7, 11) is 0. The van der Waals surface area contributed by atoms with E-state index in [1.807, 2.05) is 0 Å². The molecule has 0 radical (unpaired) electrons. The van der Waals surface area contributed by atoms with Crippen LogP contribution in [0.2, 0.25) is 0 Å². The van der Waals surface area contributed by atoms with Gasteiger partial charge in [0.25, 0.3) is 0 Å². The number of aromatic nitrogens is 1. The third kappa shape index (κ3) is 2.61. The second-order valence-corrected chi connectivity index (χ2v) is 5.19. The number of carboxylic acid groups (broad SMARTS) is 1. The van der Waals surface area contributed by atoms with E-state index in [-0.39, 0.29) is 11.0 Å². The van der Waals surface area contributed by atoms with E-state index in [9.17, 15) is 14.7 Å². The van der Waals surface area contributed by atoms with Gasteiger partial charge < -0.3 is 9.67 Å². The van der Waals surface area contributed by atoms with Crippen molar-refractivity contribution in [2.24, 2.45) is 0 Å². The number of nitrogens with zero attached hydrogens (tertiary/aromatic N) is 1. The van der Waals surface area contributed by atoms with Gasteiger partial charge in [0.2, 0.25) is 0 Å². The summed E-state index contributed by atoms with van der Waals surface area (Å²) in [6.45, 7) is 3.56. The zero-order valence-corrected chi connectivity index (χ0v) is 12.1. The Kier molecular flexibility index (Phi) is 3.57.